The van der Waals surface area contributed by atoms with Gasteiger partial charge >= 0.3 is 5.97 Å². The van der Waals surface area contributed by atoms with E-state index in [4.69, 9.17) is 16.7 Å². The Morgan fingerprint density at radius 3 is 2.74 bits per heavy atom. The minimum atomic E-state index is -0.936. The first kappa shape index (κ1) is 15.8. The lowest BCUT2D eigenvalue weighted by Crippen LogP contribution is -2.38. The van der Waals surface area contributed by atoms with Gasteiger partial charge in [0.1, 0.15) is 5.82 Å². The molecule has 1 amide bonds. The topological polar surface area (TPSA) is 86.3 Å². The summed E-state index contributed by atoms with van der Waals surface area (Å²) in [4.78, 5) is 32.2. The molecule has 1 aliphatic rings. The largest absolute Gasteiger partial charge is 0.481 e. The fourth-order valence-corrected chi connectivity index (χ4v) is 3.14. The Hall–Kier alpha value is -2.08. The summed E-state index contributed by atoms with van der Waals surface area (Å²) in [5.74, 6) is 0.195. The molecule has 1 saturated heterocycles. The molecule has 7 heteroatoms. The second-order valence-electron chi connectivity index (χ2n) is 5.83. The van der Waals surface area contributed by atoms with Gasteiger partial charge in [0.15, 0.2) is 0 Å². The van der Waals surface area contributed by atoms with Crippen molar-refractivity contribution in [3.8, 4) is 0 Å². The highest BCUT2D eigenvalue weighted by molar-refractivity contribution is 6.31. The average molecular weight is 336 g/mol. The van der Waals surface area contributed by atoms with E-state index in [2.05, 4.69) is 9.97 Å². The minimum absolute atomic E-state index is 0.0726. The zero-order chi connectivity index (χ0) is 16.4. The van der Waals surface area contributed by atoms with Crippen LogP contribution in [0.3, 0.4) is 0 Å². The molecule has 3 rings (SSSR count). The number of nitrogens with one attached hydrogen (secondary N) is 1. The van der Waals surface area contributed by atoms with Gasteiger partial charge < -0.3 is 15.0 Å². The number of nitrogens with zero attached hydrogens (tertiary/aromatic N) is 2. The summed E-state index contributed by atoms with van der Waals surface area (Å²) in [6.45, 7) is 1.28. The van der Waals surface area contributed by atoms with Gasteiger partial charge in [0.25, 0.3) is 0 Å². The summed E-state index contributed by atoms with van der Waals surface area (Å²) in [7, 11) is 0. The van der Waals surface area contributed by atoms with Gasteiger partial charge in [-0.1, -0.05) is 11.6 Å². The minimum Gasteiger partial charge on any atom is -0.481 e. The normalized spacial score (nSPS) is 16.0. The number of carboxylic acid groups (broad SMARTS) is 1. The molecule has 0 atom stereocenters. The third-order valence-corrected chi connectivity index (χ3v) is 4.48. The molecular formula is C16H18ClN3O3. The van der Waals surface area contributed by atoms with Crippen LogP contribution >= 0.6 is 11.6 Å². The van der Waals surface area contributed by atoms with Crippen LogP contribution in [0.25, 0.3) is 11.0 Å². The van der Waals surface area contributed by atoms with Crippen molar-refractivity contribution in [3.63, 3.8) is 0 Å². The van der Waals surface area contributed by atoms with Crippen LogP contribution in [0, 0.1) is 0 Å². The predicted octanol–water partition coefficient (Wildman–Crippen LogP) is 2.79. The number of carbonyl (C=O) groups excluding carboxylic acids is 1. The maximum absolute atomic E-state index is 11.9. The number of aromatic nitrogens is 2. The Labute approximate surface area is 138 Å². The number of fused-ring (bicyclic) bond motifs is 1. The maximum atomic E-state index is 11.9. The van der Waals surface area contributed by atoms with Crippen molar-refractivity contribution < 1.29 is 14.7 Å². The second kappa shape index (κ2) is 6.58. The summed E-state index contributed by atoms with van der Waals surface area (Å²) in [5.41, 5.74) is 1.82. The SMILES string of the molecule is O=C(O)CCC(=O)N1CCC(c2nc3ccc(Cl)cc3[nH]2)CC1. The lowest BCUT2D eigenvalue weighted by Gasteiger charge is -2.31. The number of carboxylic acids is 1. The van der Waals surface area contributed by atoms with Gasteiger partial charge in [0, 0.05) is 30.5 Å². The van der Waals surface area contributed by atoms with E-state index in [9.17, 15) is 9.59 Å². The van der Waals surface area contributed by atoms with Crippen LogP contribution in [0.1, 0.15) is 37.4 Å². The monoisotopic (exact) mass is 335 g/mol. The van der Waals surface area contributed by atoms with Crippen molar-refractivity contribution in [1.82, 2.24) is 14.9 Å². The van der Waals surface area contributed by atoms with Crippen LogP contribution in [0.15, 0.2) is 18.2 Å². The molecule has 0 radical (unpaired) electrons. The van der Waals surface area contributed by atoms with Gasteiger partial charge in [-0.3, -0.25) is 9.59 Å². The molecular weight excluding hydrogens is 318 g/mol. The molecule has 6 nitrogen and oxygen atoms in total. The smallest absolute Gasteiger partial charge is 0.303 e. The number of aromatic amines is 1. The van der Waals surface area contributed by atoms with E-state index in [0.717, 1.165) is 29.7 Å². The Bertz CT molecular complexity index is 735. The van der Waals surface area contributed by atoms with Crippen molar-refractivity contribution in [2.24, 2.45) is 0 Å². The zero-order valence-corrected chi connectivity index (χ0v) is 13.3. The molecule has 1 aliphatic heterocycles. The average Bonchev–Trinajstić information content (AvgIpc) is 2.95. The standard InChI is InChI=1S/C16H18ClN3O3/c17-11-1-2-12-13(9-11)19-16(18-12)10-5-7-20(8-6-10)14(21)3-4-15(22)23/h1-2,9-10H,3-8H2,(H,18,19)(H,22,23). The first-order valence-electron chi connectivity index (χ1n) is 7.67. The Morgan fingerprint density at radius 1 is 1.30 bits per heavy atom. The lowest BCUT2D eigenvalue weighted by atomic mass is 9.96. The van der Waals surface area contributed by atoms with Gasteiger partial charge in [0.05, 0.1) is 17.5 Å². The number of likely N-dealkylation sites (tertiary alicyclic amines) is 1. The molecule has 0 aliphatic carbocycles. The van der Waals surface area contributed by atoms with Crippen LogP contribution in [0.5, 0.6) is 0 Å². The quantitative estimate of drug-likeness (QED) is 0.899. The number of amides is 1. The fourth-order valence-electron chi connectivity index (χ4n) is 2.97. The van der Waals surface area contributed by atoms with Gasteiger partial charge in [-0.25, -0.2) is 4.98 Å². The Morgan fingerprint density at radius 2 is 2.04 bits per heavy atom. The number of hydrogen-bond donors (Lipinski definition) is 2. The number of halogens is 1. The van der Waals surface area contributed by atoms with Crippen LogP contribution in [0.2, 0.25) is 5.02 Å². The van der Waals surface area contributed by atoms with E-state index in [1.54, 1.807) is 4.90 Å². The number of aliphatic carboxylic acids is 1. The number of benzene rings is 1. The van der Waals surface area contributed by atoms with E-state index in [1.807, 2.05) is 18.2 Å². The van der Waals surface area contributed by atoms with Gasteiger partial charge in [-0.2, -0.15) is 0 Å². The highest BCUT2D eigenvalue weighted by Gasteiger charge is 2.25. The van der Waals surface area contributed by atoms with E-state index >= 15 is 0 Å². The van der Waals surface area contributed by atoms with Crippen LogP contribution in [0.4, 0.5) is 0 Å². The summed E-state index contributed by atoms with van der Waals surface area (Å²) in [6.07, 6.45) is 1.62. The van der Waals surface area contributed by atoms with Crippen molar-refractivity contribution >= 4 is 34.5 Å². The van der Waals surface area contributed by atoms with Crippen molar-refractivity contribution in [2.45, 2.75) is 31.6 Å². The van der Waals surface area contributed by atoms with Crippen molar-refractivity contribution in [3.05, 3.63) is 29.0 Å². The first-order valence-corrected chi connectivity index (χ1v) is 8.05. The van der Waals surface area contributed by atoms with Crippen LogP contribution in [-0.4, -0.2) is 44.9 Å². The summed E-state index contributed by atoms with van der Waals surface area (Å²) in [6, 6.07) is 5.57. The summed E-state index contributed by atoms with van der Waals surface area (Å²) in [5, 5.41) is 9.32. The van der Waals surface area contributed by atoms with Crippen LogP contribution in [-0.2, 0) is 9.59 Å². The maximum Gasteiger partial charge on any atom is 0.303 e. The number of carbonyl (C=O) groups is 2. The molecule has 1 fully saturated rings. The van der Waals surface area contributed by atoms with Crippen molar-refractivity contribution in [2.75, 3.05) is 13.1 Å². The number of rotatable bonds is 4. The summed E-state index contributed by atoms with van der Waals surface area (Å²) < 4.78 is 0. The highest BCUT2D eigenvalue weighted by Crippen LogP contribution is 2.28. The second-order valence-corrected chi connectivity index (χ2v) is 6.27. The molecule has 1 aromatic heterocycles. The van der Waals surface area contributed by atoms with Gasteiger partial charge in [-0.05, 0) is 31.0 Å². The predicted molar refractivity (Wildman–Crippen MR) is 86.5 cm³/mol. The molecule has 2 heterocycles. The number of imidazole rings is 1. The third-order valence-electron chi connectivity index (χ3n) is 4.25. The van der Waals surface area contributed by atoms with E-state index in [0.29, 0.717) is 18.1 Å². The molecule has 2 aromatic rings. The molecule has 0 saturated carbocycles. The zero-order valence-electron chi connectivity index (χ0n) is 12.6. The number of piperidine rings is 1. The first-order chi connectivity index (χ1) is 11.0. The third kappa shape index (κ3) is 3.64. The van der Waals surface area contributed by atoms with Crippen molar-refractivity contribution in [1.29, 1.82) is 0 Å². The molecule has 2 N–H and O–H groups in total. The van der Waals surface area contributed by atoms with E-state index in [-0.39, 0.29) is 24.7 Å². The van der Waals surface area contributed by atoms with Gasteiger partial charge in [-0.15, -0.1) is 0 Å². The van der Waals surface area contributed by atoms with E-state index < -0.39 is 5.97 Å². The Balaban J connectivity index is 1.61. The fraction of sp³-hybridized carbons (Fsp3) is 0.438. The van der Waals surface area contributed by atoms with Gasteiger partial charge in [0.2, 0.25) is 5.91 Å². The molecule has 1 aromatic carbocycles. The summed E-state index contributed by atoms with van der Waals surface area (Å²) >= 11 is 5.99. The Kier molecular flexibility index (Phi) is 4.52. The molecule has 23 heavy (non-hydrogen) atoms. The highest BCUT2D eigenvalue weighted by atomic mass is 35.5. The lowest BCUT2D eigenvalue weighted by molar-refractivity contribution is -0.141. The molecule has 0 spiro atoms. The molecule has 0 unspecified atom stereocenters. The van der Waals surface area contributed by atoms with E-state index in [1.165, 1.54) is 0 Å². The number of hydrogen-bond acceptors (Lipinski definition) is 3. The number of H-pyrrole nitrogens is 1. The van der Waals surface area contributed by atoms with Crippen LogP contribution < -0.4 is 0 Å². The molecule has 122 valence electrons. The molecule has 0 bridgehead atoms.